The molecule has 1 aromatic rings. The van der Waals surface area contributed by atoms with E-state index in [0.717, 1.165) is 17.2 Å². The lowest BCUT2D eigenvalue weighted by Crippen LogP contribution is -2.20. The highest BCUT2D eigenvalue weighted by Gasteiger charge is 2.13. The summed E-state index contributed by atoms with van der Waals surface area (Å²) in [5.41, 5.74) is 7.49. The number of esters is 1. The summed E-state index contributed by atoms with van der Waals surface area (Å²) in [4.78, 5) is 11.7. The quantitative estimate of drug-likeness (QED) is 0.613. The molecule has 0 radical (unpaired) electrons. The van der Waals surface area contributed by atoms with Crippen LogP contribution in [-0.2, 0) is 4.74 Å². The van der Waals surface area contributed by atoms with Crippen molar-refractivity contribution in [3.8, 4) is 0 Å². The summed E-state index contributed by atoms with van der Waals surface area (Å²) in [6.45, 7) is 4.21. The number of methoxy groups -OCH3 is 1. The first-order valence-corrected chi connectivity index (χ1v) is 7.06. The van der Waals surface area contributed by atoms with Gasteiger partial charge in [0.2, 0.25) is 0 Å². The molecule has 1 unspecified atom stereocenters. The van der Waals surface area contributed by atoms with Crippen LogP contribution in [0.3, 0.4) is 0 Å². The Morgan fingerprint density at radius 1 is 1.56 bits per heavy atom. The molecule has 3 N–H and O–H groups in total. The zero-order valence-corrected chi connectivity index (χ0v) is 11.8. The molecule has 0 saturated heterocycles. The standard InChI is InChI=1S/C13H20N2O2S/c1-4-18-8-9(2)15-12-6-5-10(14)7-11(12)13(16)17-3/h5-7,9,15H,4,8,14H2,1-3H3. The van der Waals surface area contributed by atoms with Gasteiger partial charge in [-0.15, -0.1) is 0 Å². The number of nitrogens with one attached hydrogen (secondary N) is 1. The van der Waals surface area contributed by atoms with Crippen LogP contribution in [0.4, 0.5) is 11.4 Å². The predicted octanol–water partition coefficient (Wildman–Crippen LogP) is 2.61. The zero-order valence-electron chi connectivity index (χ0n) is 11.0. The maximum atomic E-state index is 11.7. The fourth-order valence-corrected chi connectivity index (χ4v) is 2.24. The van der Waals surface area contributed by atoms with Gasteiger partial charge in [0.1, 0.15) is 0 Å². The van der Waals surface area contributed by atoms with E-state index in [1.165, 1.54) is 7.11 Å². The number of ether oxygens (including phenoxy) is 1. The van der Waals surface area contributed by atoms with Crippen LogP contribution in [0.2, 0.25) is 0 Å². The molecule has 4 nitrogen and oxygen atoms in total. The van der Waals surface area contributed by atoms with Crippen LogP contribution in [0.25, 0.3) is 0 Å². The SMILES string of the molecule is CCSCC(C)Nc1ccc(N)cc1C(=O)OC. The molecule has 0 aliphatic heterocycles. The maximum Gasteiger partial charge on any atom is 0.340 e. The number of carbonyl (C=O) groups excluding carboxylic acids is 1. The minimum absolute atomic E-state index is 0.280. The number of hydrogen-bond acceptors (Lipinski definition) is 5. The van der Waals surface area contributed by atoms with E-state index in [1.54, 1.807) is 12.1 Å². The van der Waals surface area contributed by atoms with Gasteiger partial charge in [0.25, 0.3) is 0 Å². The number of nitrogen functional groups attached to an aromatic ring is 1. The molecule has 0 bridgehead atoms. The molecule has 1 atom stereocenters. The van der Waals surface area contributed by atoms with E-state index in [9.17, 15) is 4.79 Å². The van der Waals surface area contributed by atoms with Crippen molar-refractivity contribution in [2.75, 3.05) is 29.7 Å². The molecule has 0 saturated carbocycles. The molecule has 1 aromatic carbocycles. The van der Waals surface area contributed by atoms with E-state index < -0.39 is 0 Å². The number of hydrogen-bond donors (Lipinski definition) is 2. The van der Waals surface area contributed by atoms with Crippen LogP contribution in [-0.4, -0.2) is 30.6 Å². The molecule has 0 aromatic heterocycles. The van der Waals surface area contributed by atoms with E-state index >= 15 is 0 Å². The minimum atomic E-state index is -0.375. The molecule has 100 valence electrons. The van der Waals surface area contributed by atoms with Gasteiger partial charge < -0.3 is 15.8 Å². The average Bonchev–Trinajstić information content (AvgIpc) is 2.37. The van der Waals surface area contributed by atoms with Crippen LogP contribution >= 0.6 is 11.8 Å². The van der Waals surface area contributed by atoms with Crippen molar-refractivity contribution in [2.24, 2.45) is 0 Å². The number of benzene rings is 1. The van der Waals surface area contributed by atoms with Crippen molar-refractivity contribution in [1.29, 1.82) is 0 Å². The third kappa shape index (κ3) is 4.14. The Labute approximate surface area is 112 Å². The second-order valence-electron chi connectivity index (χ2n) is 4.00. The van der Waals surface area contributed by atoms with E-state index in [-0.39, 0.29) is 12.0 Å². The first-order valence-electron chi connectivity index (χ1n) is 5.90. The third-order valence-corrected chi connectivity index (χ3v) is 3.57. The topological polar surface area (TPSA) is 64.3 Å². The van der Waals surface area contributed by atoms with Gasteiger partial charge in [-0.05, 0) is 30.9 Å². The summed E-state index contributed by atoms with van der Waals surface area (Å²) in [7, 11) is 1.37. The highest BCUT2D eigenvalue weighted by molar-refractivity contribution is 7.99. The molecule has 18 heavy (non-hydrogen) atoms. The summed E-state index contributed by atoms with van der Waals surface area (Å²) in [5, 5.41) is 3.31. The number of thioether (sulfide) groups is 1. The van der Waals surface area contributed by atoms with Gasteiger partial charge in [0.05, 0.1) is 12.7 Å². The molecule has 5 heteroatoms. The molecule has 0 aliphatic rings. The first kappa shape index (κ1) is 14.7. The summed E-state index contributed by atoms with van der Waals surface area (Å²) >= 11 is 1.86. The molecule has 0 amide bonds. The van der Waals surface area contributed by atoms with Gasteiger partial charge >= 0.3 is 5.97 Å². The highest BCUT2D eigenvalue weighted by Crippen LogP contribution is 2.21. The van der Waals surface area contributed by atoms with Crippen molar-refractivity contribution in [1.82, 2.24) is 0 Å². The van der Waals surface area contributed by atoms with Crippen LogP contribution in [0.15, 0.2) is 18.2 Å². The Hall–Kier alpha value is -1.36. The summed E-state index contributed by atoms with van der Waals surface area (Å²) in [6, 6.07) is 5.50. The minimum Gasteiger partial charge on any atom is -0.465 e. The number of carbonyl (C=O) groups is 1. The van der Waals surface area contributed by atoms with Crippen molar-refractivity contribution < 1.29 is 9.53 Å². The molecule has 0 heterocycles. The smallest absolute Gasteiger partial charge is 0.340 e. The van der Waals surface area contributed by atoms with Crippen LogP contribution in [0, 0.1) is 0 Å². The fraction of sp³-hybridized carbons (Fsp3) is 0.462. The largest absolute Gasteiger partial charge is 0.465 e. The number of rotatable bonds is 6. The van der Waals surface area contributed by atoms with Crippen molar-refractivity contribution in [3.05, 3.63) is 23.8 Å². The first-order chi connectivity index (χ1) is 8.58. The Bertz CT molecular complexity index is 410. The van der Waals surface area contributed by atoms with Crippen molar-refractivity contribution in [2.45, 2.75) is 19.9 Å². The molecular formula is C13H20N2O2S. The van der Waals surface area contributed by atoms with Crippen LogP contribution < -0.4 is 11.1 Å². The van der Waals surface area contributed by atoms with E-state index in [4.69, 9.17) is 10.5 Å². The lowest BCUT2D eigenvalue weighted by atomic mass is 10.1. The summed E-state index contributed by atoms with van der Waals surface area (Å²) < 4.78 is 4.75. The second kappa shape index (κ2) is 7.16. The van der Waals surface area contributed by atoms with Crippen LogP contribution in [0.1, 0.15) is 24.2 Å². The predicted molar refractivity (Wildman–Crippen MR) is 78.3 cm³/mol. The monoisotopic (exact) mass is 268 g/mol. The Balaban J connectivity index is 2.84. The van der Waals surface area contributed by atoms with Gasteiger partial charge in [-0.2, -0.15) is 11.8 Å². The van der Waals surface area contributed by atoms with Crippen LogP contribution in [0.5, 0.6) is 0 Å². The van der Waals surface area contributed by atoms with Gasteiger partial charge in [0.15, 0.2) is 0 Å². The second-order valence-corrected chi connectivity index (χ2v) is 5.32. The van der Waals surface area contributed by atoms with E-state index in [0.29, 0.717) is 11.3 Å². The summed E-state index contributed by atoms with van der Waals surface area (Å²) in [6.07, 6.45) is 0. The number of anilines is 2. The van der Waals surface area contributed by atoms with Gasteiger partial charge in [-0.1, -0.05) is 6.92 Å². The molecule has 0 fully saturated rings. The third-order valence-electron chi connectivity index (χ3n) is 2.42. The maximum absolute atomic E-state index is 11.7. The number of nitrogens with two attached hydrogens (primary N) is 1. The van der Waals surface area contributed by atoms with Crippen molar-refractivity contribution in [3.63, 3.8) is 0 Å². The van der Waals surface area contributed by atoms with E-state index in [2.05, 4.69) is 19.2 Å². The Morgan fingerprint density at radius 2 is 2.28 bits per heavy atom. The molecule has 1 rings (SSSR count). The normalized spacial score (nSPS) is 11.9. The zero-order chi connectivity index (χ0) is 13.5. The fourth-order valence-electron chi connectivity index (χ4n) is 1.57. The lowest BCUT2D eigenvalue weighted by Gasteiger charge is -2.17. The van der Waals surface area contributed by atoms with Gasteiger partial charge in [-0.25, -0.2) is 4.79 Å². The van der Waals surface area contributed by atoms with Crippen molar-refractivity contribution >= 4 is 29.1 Å². The average molecular weight is 268 g/mol. The van der Waals surface area contributed by atoms with E-state index in [1.807, 2.05) is 17.8 Å². The molecule has 0 aliphatic carbocycles. The lowest BCUT2D eigenvalue weighted by molar-refractivity contribution is 0.0602. The van der Waals surface area contributed by atoms with Gasteiger partial charge in [0, 0.05) is 23.2 Å². The van der Waals surface area contributed by atoms with Gasteiger partial charge in [-0.3, -0.25) is 0 Å². The summed E-state index contributed by atoms with van der Waals surface area (Å²) in [5.74, 6) is 1.69. The Kier molecular flexibility index (Phi) is 5.85. The Morgan fingerprint density at radius 3 is 2.89 bits per heavy atom. The molecule has 0 spiro atoms. The highest BCUT2D eigenvalue weighted by atomic mass is 32.2. The molecular weight excluding hydrogens is 248 g/mol.